The predicted molar refractivity (Wildman–Crippen MR) is 109 cm³/mol. The Morgan fingerprint density at radius 2 is 1.63 bits per heavy atom. The van der Waals surface area contributed by atoms with Crippen LogP contribution in [0.4, 0.5) is 0 Å². The van der Waals surface area contributed by atoms with Crippen LogP contribution in [-0.4, -0.2) is 56.1 Å². The lowest BCUT2D eigenvalue weighted by atomic mass is 9.92. The first-order valence-electron chi connectivity index (χ1n) is 10.2. The van der Waals surface area contributed by atoms with Crippen LogP contribution in [0.1, 0.15) is 55.8 Å². The fourth-order valence-electron chi connectivity index (χ4n) is 4.26. The highest BCUT2D eigenvalue weighted by atomic mass is 32.2. The summed E-state index contributed by atoms with van der Waals surface area (Å²) in [6, 6.07) is 5.88. The highest BCUT2D eigenvalue weighted by molar-refractivity contribution is 7.89. The van der Waals surface area contributed by atoms with Crippen molar-refractivity contribution in [3.05, 3.63) is 29.8 Å². The maximum Gasteiger partial charge on any atom is 0.331 e. The van der Waals surface area contributed by atoms with E-state index in [1.54, 1.807) is 0 Å². The molecule has 2 aliphatic rings. The Labute approximate surface area is 177 Å². The fraction of sp³-hybridized carbons (Fsp3) is 0.571. The highest BCUT2D eigenvalue weighted by Crippen LogP contribution is 2.32. The third-order valence-electron chi connectivity index (χ3n) is 6.12. The maximum atomic E-state index is 12.9. The lowest BCUT2D eigenvalue weighted by molar-refractivity contribution is -0.151. The SMILES string of the molecule is COC(=O)C1(NC(=O)C2CCN(S(=O)(=O)c3ccc(C(C)=O)cc3)CC2)CCCC1. The zero-order chi connectivity index (χ0) is 21.9. The van der Waals surface area contributed by atoms with Gasteiger partial charge in [-0.25, -0.2) is 13.2 Å². The Kier molecular flexibility index (Phi) is 6.62. The van der Waals surface area contributed by atoms with E-state index in [0.717, 1.165) is 12.8 Å². The number of ether oxygens (including phenoxy) is 1. The van der Waals surface area contributed by atoms with E-state index in [-0.39, 0.29) is 35.6 Å². The van der Waals surface area contributed by atoms with Crippen LogP contribution < -0.4 is 5.32 Å². The number of sulfonamides is 1. The molecule has 1 aliphatic heterocycles. The number of benzene rings is 1. The average Bonchev–Trinajstić information content (AvgIpc) is 3.22. The van der Waals surface area contributed by atoms with Crippen LogP contribution in [0, 0.1) is 5.92 Å². The quantitative estimate of drug-likeness (QED) is 0.539. The third-order valence-corrected chi connectivity index (χ3v) is 8.03. The van der Waals surface area contributed by atoms with Gasteiger partial charge in [-0.3, -0.25) is 9.59 Å². The lowest BCUT2D eigenvalue weighted by Crippen LogP contribution is -2.55. The van der Waals surface area contributed by atoms with Crippen LogP contribution in [0.5, 0.6) is 0 Å². The summed E-state index contributed by atoms with van der Waals surface area (Å²) in [6.07, 6.45) is 3.61. The van der Waals surface area contributed by atoms with Crippen molar-refractivity contribution in [2.24, 2.45) is 5.92 Å². The number of hydrogen-bond donors (Lipinski definition) is 1. The molecule has 1 aliphatic carbocycles. The summed E-state index contributed by atoms with van der Waals surface area (Å²) in [5.74, 6) is -1.11. The molecule has 2 fully saturated rings. The molecule has 9 heteroatoms. The fourth-order valence-corrected chi connectivity index (χ4v) is 5.73. The molecule has 3 rings (SSSR count). The van der Waals surface area contributed by atoms with Crippen molar-refractivity contribution >= 4 is 27.7 Å². The number of methoxy groups -OCH3 is 1. The molecule has 1 N–H and O–H groups in total. The molecule has 0 atom stereocenters. The summed E-state index contributed by atoms with van der Waals surface area (Å²) in [5, 5.41) is 2.90. The molecule has 1 saturated heterocycles. The second-order valence-corrected chi connectivity index (χ2v) is 9.97. The Morgan fingerprint density at radius 1 is 1.07 bits per heavy atom. The number of esters is 1. The van der Waals surface area contributed by atoms with Crippen molar-refractivity contribution in [2.45, 2.75) is 55.9 Å². The summed E-state index contributed by atoms with van der Waals surface area (Å²) in [4.78, 5) is 36.5. The van der Waals surface area contributed by atoms with E-state index in [1.165, 1.54) is 42.6 Å². The summed E-state index contributed by atoms with van der Waals surface area (Å²) in [6.45, 7) is 1.87. The van der Waals surface area contributed by atoms with Gasteiger partial charge in [-0.2, -0.15) is 4.31 Å². The molecule has 1 aromatic carbocycles. The standard InChI is InChI=1S/C21H28N2O6S/c1-15(24)16-5-7-18(8-6-16)30(27,28)23-13-9-17(10-14-23)19(25)22-21(20(26)29-2)11-3-4-12-21/h5-8,17H,3-4,9-14H2,1-2H3,(H,22,25). The zero-order valence-electron chi connectivity index (χ0n) is 17.3. The molecule has 1 amide bonds. The van der Waals surface area contributed by atoms with Gasteiger partial charge in [0, 0.05) is 24.6 Å². The number of ketones is 1. The predicted octanol–water partition coefficient (Wildman–Crippen LogP) is 1.89. The third kappa shape index (κ3) is 4.41. The molecule has 1 heterocycles. The first-order valence-corrected chi connectivity index (χ1v) is 11.7. The summed E-state index contributed by atoms with van der Waals surface area (Å²) in [5.41, 5.74) is -0.496. The molecule has 1 aromatic rings. The van der Waals surface area contributed by atoms with Crippen LogP contribution >= 0.6 is 0 Å². The normalized spacial score (nSPS) is 19.9. The van der Waals surface area contributed by atoms with Crippen molar-refractivity contribution in [1.82, 2.24) is 9.62 Å². The number of rotatable bonds is 6. The molecule has 8 nitrogen and oxygen atoms in total. The van der Waals surface area contributed by atoms with Crippen LogP contribution in [0.15, 0.2) is 29.2 Å². The van der Waals surface area contributed by atoms with E-state index in [4.69, 9.17) is 4.74 Å². The number of Topliss-reactive ketones (excluding diaryl/α,β-unsaturated/α-hetero) is 1. The number of carbonyl (C=O) groups is 3. The largest absolute Gasteiger partial charge is 0.467 e. The molecule has 0 aromatic heterocycles. The van der Waals surface area contributed by atoms with Gasteiger partial charge in [-0.05, 0) is 44.7 Å². The van der Waals surface area contributed by atoms with Crippen molar-refractivity contribution in [1.29, 1.82) is 0 Å². The minimum absolute atomic E-state index is 0.127. The average molecular weight is 437 g/mol. The van der Waals surface area contributed by atoms with Crippen LogP contribution in [-0.2, 0) is 24.3 Å². The first kappa shape index (κ1) is 22.4. The van der Waals surface area contributed by atoms with Crippen LogP contribution in [0.3, 0.4) is 0 Å². The summed E-state index contributed by atoms with van der Waals surface area (Å²) in [7, 11) is -2.37. The smallest absolute Gasteiger partial charge is 0.331 e. The van der Waals surface area contributed by atoms with E-state index in [2.05, 4.69) is 5.32 Å². The van der Waals surface area contributed by atoms with E-state index in [1.807, 2.05) is 0 Å². The van der Waals surface area contributed by atoms with Crippen LogP contribution in [0.2, 0.25) is 0 Å². The monoisotopic (exact) mass is 436 g/mol. The van der Waals surface area contributed by atoms with Crippen molar-refractivity contribution in [2.75, 3.05) is 20.2 Å². The molecular formula is C21H28N2O6S. The van der Waals surface area contributed by atoms with Gasteiger partial charge in [-0.15, -0.1) is 0 Å². The van der Waals surface area contributed by atoms with E-state index in [9.17, 15) is 22.8 Å². The second-order valence-electron chi connectivity index (χ2n) is 8.03. The van der Waals surface area contributed by atoms with Gasteiger partial charge in [-0.1, -0.05) is 25.0 Å². The van der Waals surface area contributed by atoms with Crippen LogP contribution in [0.25, 0.3) is 0 Å². The molecule has 1 saturated carbocycles. The van der Waals surface area contributed by atoms with Crippen molar-refractivity contribution in [3.8, 4) is 0 Å². The van der Waals surface area contributed by atoms with Gasteiger partial charge in [0.25, 0.3) is 0 Å². The van der Waals surface area contributed by atoms with Gasteiger partial charge >= 0.3 is 5.97 Å². The number of hydrogen-bond acceptors (Lipinski definition) is 6. The van der Waals surface area contributed by atoms with E-state index >= 15 is 0 Å². The molecule has 0 spiro atoms. The Morgan fingerprint density at radius 3 is 2.13 bits per heavy atom. The minimum Gasteiger partial charge on any atom is -0.467 e. The molecule has 164 valence electrons. The Hall–Kier alpha value is -2.26. The minimum atomic E-state index is -3.69. The number of nitrogens with one attached hydrogen (secondary N) is 1. The molecule has 0 bridgehead atoms. The maximum absolute atomic E-state index is 12.9. The van der Waals surface area contributed by atoms with Crippen molar-refractivity contribution < 1.29 is 27.5 Å². The van der Waals surface area contributed by atoms with Gasteiger partial charge in [0.2, 0.25) is 15.9 Å². The van der Waals surface area contributed by atoms with Gasteiger partial charge in [0.1, 0.15) is 5.54 Å². The van der Waals surface area contributed by atoms with E-state index < -0.39 is 21.5 Å². The number of piperidine rings is 1. The number of carbonyl (C=O) groups excluding carboxylic acids is 3. The second kappa shape index (κ2) is 8.85. The number of amides is 1. The van der Waals surface area contributed by atoms with Crippen molar-refractivity contribution in [3.63, 3.8) is 0 Å². The first-order chi connectivity index (χ1) is 14.2. The topological polar surface area (TPSA) is 110 Å². The van der Waals surface area contributed by atoms with Gasteiger partial charge < -0.3 is 10.1 Å². The summed E-state index contributed by atoms with van der Waals surface area (Å²) < 4.78 is 32.0. The molecular weight excluding hydrogens is 408 g/mol. The number of nitrogens with zero attached hydrogens (tertiary/aromatic N) is 1. The Balaban J connectivity index is 1.63. The highest BCUT2D eigenvalue weighted by Gasteiger charge is 2.45. The lowest BCUT2D eigenvalue weighted by Gasteiger charge is -2.33. The molecule has 30 heavy (non-hydrogen) atoms. The van der Waals surface area contributed by atoms with Gasteiger partial charge in [0.15, 0.2) is 5.78 Å². The molecule has 0 unspecified atom stereocenters. The summed E-state index contributed by atoms with van der Waals surface area (Å²) >= 11 is 0. The van der Waals surface area contributed by atoms with Gasteiger partial charge in [0.05, 0.1) is 12.0 Å². The molecule has 0 radical (unpaired) electrons. The van der Waals surface area contributed by atoms with E-state index in [0.29, 0.717) is 31.2 Å². The Bertz CT molecular complexity index is 911. The zero-order valence-corrected chi connectivity index (χ0v) is 18.2.